The Morgan fingerprint density at radius 3 is 3.00 bits per heavy atom. The number of aryl methyl sites for hydroxylation is 3. The monoisotopic (exact) mass is 306 g/mol. The van der Waals surface area contributed by atoms with Gasteiger partial charge in [-0.2, -0.15) is 0 Å². The second kappa shape index (κ2) is 6.80. The molecule has 0 saturated heterocycles. The van der Waals surface area contributed by atoms with E-state index in [9.17, 15) is 0 Å². The molecule has 3 nitrogen and oxygen atoms in total. The van der Waals surface area contributed by atoms with Gasteiger partial charge in [-0.05, 0) is 43.7 Å². The van der Waals surface area contributed by atoms with Crippen LogP contribution in [0.5, 0.6) is 0 Å². The summed E-state index contributed by atoms with van der Waals surface area (Å²) in [5.74, 6) is 2.55. The molecule has 1 saturated carbocycles. The lowest BCUT2D eigenvalue weighted by molar-refractivity contribution is 0.119. The molecule has 1 aliphatic carbocycles. The van der Waals surface area contributed by atoms with Crippen LogP contribution in [-0.4, -0.2) is 28.6 Å². The standard InChI is InChI=1S/C17H23ClN2O/c1-13-4-2-5-15-17(13)19-16(8-9-18)20(15)10-3-11-21-12-14-6-7-14/h2,4-5,14H,3,6-12H2,1H3. The van der Waals surface area contributed by atoms with Crippen LogP contribution >= 0.6 is 11.6 Å². The third-order valence-corrected chi connectivity index (χ3v) is 4.29. The van der Waals surface area contributed by atoms with Crippen molar-refractivity contribution in [2.24, 2.45) is 5.92 Å². The first-order chi connectivity index (χ1) is 10.3. The van der Waals surface area contributed by atoms with Gasteiger partial charge in [0.15, 0.2) is 0 Å². The summed E-state index contributed by atoms with van der Waals surface area (Å²) in [5, 5.41) is 0. The second-order valence-electron chi connectivity index (χ2n) is 5.93. The van der Waals surface area contributed by atoms with Gasteiger partial charge in [-0.1, -0.05) is 12.1 Å². The van der Waals surface area contributed by atoms with E-state index in [4.69, 9.17) is 21.3 Å². The van der Waals surface area contributed by atoms with Crippen LogP contribution in [0.1, 0.15) is 30.7 Å². The van der Waals surface area contributed by atoms with E-state index < -0.39 is 0 Å². The van der Waals surface area contributed by atoms with E-state index in [1.165, 1.54) is 23.9 Å². The lowest BCUT2D eigenvalue weighted by Crippen LogP contribution is -2.08. The maximum absolute atomic E-state index is 5.92. The SMILES string of the molecule is Cc1cccc2c1nc(CCCl)n2CCCOCC1CC1. The largest absolute Gasteiger partial charge is 0.381 e. The molecule has 2 aromatic rings. The van der Waals surface area contributed by atoms with Crippen molar-refractivity contribution in [1.29, 1.82) is 0 Å². The van der Waals surface area contributed by atoms with Crippen molar-refractivity contribution in [3.63, 3.8) is 0 Å². The molecule has 0 N–H and O–H groups in total. The molecule has 0 amide bonds. The third-order valence-electron chi connectivity index (χ3n) is 4.10. The predicted octanol–water partition coefficient (Wildman–Crippen LogP) is 3.94. The van der Waals surface area contributed by atoms with Gasteiger partial charge >= 0.3 is 0 Å². The fourth-order valence-corrected chi connectivity index (χ4v) is 2.89. The molecule has 4 heteroatoms. The number of benzene rings is 1. The van der Waals surface area contributed by atoms with Crippen molar-refractivity contribution in [1.82, 2.24) is 9.55 Å². The predicted molar refractivity (Wildman–Crippen MR) is 87.1 cm³/mol. The van der Waals surface area contributed by atoms with Crippen LogP contribution in [0.3, 0.4) is 0 Å². The van der Waals surface area contributed by atoms with Gasteiger partial charge in [-0.25, -0.2) is 4.98 Å². The van der Waals surface area contributed by atoms with E-state index in [1.807, 2.05) is 0 Å². The van der Waals surface area contributed by atoms with Crippen LogP contribution in [0.4, 0.5) is 0 Å². The molecule has 1 aliphatic rings. The lowest BCUT2D eigenvalue weighted by atomic mass is 10.2. The number of hydrogen-bond donors (Lipinski definition) is 0. The summed E-state index contributed by atoms with van der Waals surface area (Å²) in [7, 11) is 0. The number of para-hydroxylation sites is 1. The molecule has 0 aliphatic heterocycles. The lowest BCUT2D eigenvalue weighted by Gasteiger charge is -2.09. The smallest absolute Gasteiger partial charge is 0.111 e. The molecular weight excluding hydrogens is 284 g/mol. The van der Waals surface area contributed by atoms with Crippen molar-refractivity contribution in [3.05, 3.63) is 29.6 Å². The number of aromatic nitrogens is 2. The van der Waals surface area contributed by atoms with E-state index in [2.05, 4.69) is 29.7 Å². The Hall–Kier alpha value is -1.06. The van der Waals surface area contributed by atoms with Crippen molar-refractivity contribution >= 4 is 22.6 Å². The number of imidazole rings is 1. The van der Waals surface area contributed by atoms with Gasteiger partial charge in [-0.15, -0.1) is 11.6 Å². The molecule has 21 heavy (non-hydrogen) atoms. The van der Waals surface area contributed by atoms with Crippen LogP contribution < -0.4 is 0 Å². The molecule has 1 aromatic heterocycles. The summed E-state index contributed by atoms with van der Waals surface area (Å²) in [6.45, 7) is 4.85. The van der Waals surface area contributed by atoms with Gasteiger partial charge in [-0.3, -0.25) is 0 Å². The molecule has 0 atom stereocenters. The molecular formula is C17H23ClN2O. The Labute approximate surface area is 131 Å². The summed E-state index contributed by atoms with van der Waals surface area (Å²) in [6, 6.07) is 6.37. The van der Waals surface area contributed by atoms with Crippen LogP contribution in [0, 0.1) is 12.8 Å². The summed E-state index contributed by atoms with van der Waals surface area (Å²) in [6.07, 6.45) is 4.55. The molecule has 0 radical (unpaired) electrons. The average Bonchev–Trinajstić information content (AvgIpc) is 3.23. The molecule has 1 heterocycles. The first-order valence-electron chi connectivity index (χ1n) is 7.88. The highest BCUT2D eigenvalue weighted by atomic mass is 35.5. The van der Waals surface area contributed by atoms with E-state index in [1.54, 1.807) is 0 Å². The maximum Gasteiger partial charge on any atom is 0.111 e. The summed E-state index contributed by atoms with van der Waals surface area (Å²) >= 11 is 5.92. The number of halogens is 1. The van der Waals surface area contributed by atoms with E-state index in [-0.39, 0.29) is 0 Å². The van der Waals surface area contributed by atoms with Gasteiger partial charge in [0.25, 0.3) is 0 Å². The van der Waals surface area contributed by atoms with Gasteiger partial charge in [0.2, 0.25) is 0 Å². The fraction of sp³-hybridized carbons (Fsp3) is 0.588. The van der Waals surface area contributed by atoms with Crippen molar-refractivity contribution in [2.45, 2.75) is 39.2 Å². The van der Waals surface area contributed by atoms with Gasteiger partial charge in [0.05, 0.1) is 11.0 Å². The minimum atomic E-state index is 0.612. The number of fused-ring (bicyclic) bond motifs is 1. The van der Waals surface area contributed by atoms with Crippen LogP contribution in [0.15, 0.2) is 18.2 Å². The van der Waals surface area contributed by atoms with Crippen LogP contribution in [-0.2, 0) is 17.7 Å². The third kappa shape index (κ3) is 3.58. The summed E-state index contributed by atoms with van der Waals surface area (Å²) in [4.78, 5) is 4.78. The van der Waals surface area contributed by atoms with Crippen LogP contribution in [0.25, 0.3) is 11.0 Å². The highest BCUT2D eigenvalue weighted by Crippen LogP contribution is 2.28. The van der Waals surface area contributed by atoms with E-state index in [0.29, 0.717) is 5.88 Å². The van der Waals surface area contributed by atoms with Crippen molar-refractivity contribution in [3.8, 4) is 0 Å². The Morgan fingerprint density at radius 1 is 1.38 bits per heavy atom. The zero-order chi connectivity index (χ0) is 14.7. The fourth-order valence-electron chi connectivity index (χ4n) is 2.72. The molecule has 1 aromatic carbocycles. The van der Waals surface area contributed by atoms with Crippen molar-refractivity contribution < 1.29 is 4.74 Å². The summed E-state index contributed by atoms with van der Waals surface area (Å²) in [5.41, 5.74) is 3.56. The molecule has 0 bridgehead atoms. The number of ether oxygens (including phenoxy) is 1. The summed E-state index contributed by atoms with van der Waals surface area (Å²) < 4.78 is 8.04. The van der Waals surface area contributed by atoms with Gasteiger partial charge in [0.1, 0.15) is 5.82 Å². The highest BCUT2D eigenvalue weighted by molar-refractivity contribution is 6.17. The molecule has 3 rings (SSSR count). The van der Waals surface area contributed by atoms with Gasteiger partial charge < -0.3 is 9.30 Å². The first-order valence-corrected chi connectivity index (χ1v) is 8.41. The molecule has 114 valence electrons. The molecule has 0 spiro atoms. The average molecular weight is 307 g/mol. The number of hydrogen-bond acceptors (Lipinski definition) is 2. The van der Waals surface area contributed by atoms with E-state index >= 15 is 0 Å². The molecule has 0 unspecified atom stereocenters. The quantitative estimate of drug-likeness (QED) is 0.545. The topological polar surface area (TPSA) is 27.1 Å². The number of rotatable bonds is 8. The Kier molecular flexibility index (Phi) is 4.81. The van der Waals surface area contributed by atoms with Crippen molar-refractivity contribution in [2.75, 3.05) is 19.1 Å². The highest BCUT2D eigenvalue weighted by Gasteiger charge is 2.20. The number of nitrogens with zero attached hydrogens (tertiary/aromatic N) is 2. The Bertz CT molecular complexity index is 604. The maximum atomic E-state index is 5.92. The first kappa shape index (κ1) is 14.9. The minimum absolute atomic E-state index is 0.612. The Morgan fingerprint density at radius 2 is 2.24 bits per heavy atom. The van der Waals surface area contributed by atoms with E-state index in [0.717, 1.165) is 49.9 Å². The van der Waals surface area contributed by atoms with Crippen LogP contribution in [0.2, 0.25) is 0 Å². The number of alkyl halides is 1. The molecule has 1 fully saturated rings. The van der Waals surface area contributed by atoms with Gasteiger partial charge in [0, 0.05) is 32.1 Å². The minimum Gasteiger partial charge on any atom is -0.381 e. The Balaban J connectivity index is 1.68. The normalized spacial score (nSPS) is 15.0. The zero-order valence-electron chi connectivity index (χ0n) is 12.6. The second-order valence-corrected chi connectivity index (χ2v) is 6.31. The zero-order valence-corrected chi connectivity index (χ0v) is 13.4.